The standard InChI is InChI=1S/C11H15N3/c1-9-4-5-12-8-11(9)14-7-6-13(3)10(14)2/h4-8,10H,1-3H3/t10-/m1/s1. The number of hydrogen-bond acceptors (Lipinski definition) is 3. The third-order valence-corrected chi connectivity index (χ3v) is 2.74. The number of rotatable bonds is 1. The highest BCUT2D eigenvalue weighted by Crippen LogP contribution is 2.25. The minimum atomic E-state index is 0.373. The van der Waals surface area contributed by atoms with Crippen molar-refractivity contribution < 1.29 is 0 Å². The van der Waals surface area contributed by atoms with Crippen LogP contribution in [0.3, 0.4) is 0 Å². The molecule has 2 rings (SSSR count). The highest BCUT2D eigenvalue weighted by Gasteiger charge is 2.20. The maximum atomic E-state index is 4.16. The third-order valence-electron chi connectivity index (χ3n) is 2.74. The normalized spacial score (nSPS) is 20.6. The predicted molar refractivity (Wildman–Crippen MR) is 57.8 cm³/mol. The maximum absolute atomic E-state index is 4.16. The van der Waals surface area contributed by atoms with Gasteiger partial charge in [0.1, 0.15) is 6.17 Å². The average Bonchev–Trinajstić information content (AvgIpc) is 2.49. The van der Waals surface area contributed by atoms with Gasteiger partial charge in [-0.05, 0) is 25.5 Å². The Labute approximate surface area is 84.7 Å². The molecule has 1 aliphatic rings. The van der Waals surface area contributed by atoms with Crippen molar-refractivity contribution in [2.24, 2.45) is 0 Å². The first-order chi connectivity index (χ1) is 6.70. The SMILES string of the molecule is Cc1ccncc1N1C=CN(C)[C@H]1C. The van der Waals surface area contributed by atoms with Crippen LogP contribution in [0.25, 0.3) is 0 Å². The van der Waals surface area contributed by atoms with E-state index in [9.17, 15) is 0 Å². The van der Waals surface area contributed by atoms with Gasteiger partial charge in [0.25, 0.3) is 0 Å². The van der Waals surface area contributed by atoms with E-state index in [1.54, 1.807) is 0 Å². The Morgan fingerprint density at radius 1 is 1.36 bits per heavy atom. The number of nitrogens with zero attached hydrogens (tertiary/aromatic N) is 3. The van der Waals surface area contributed by atoms with Gasteiger partial charge in [-0.15, -0.1) is 0 Å². The molecule has 2 heterocycles. The summed E-state index contributed by atoms with van der Waals surface area (Å²) in [6.45, 7) is 4.28. The van der Waals surface area contributed by atoms with Crippen LogP contribution in [0.15, 0.2) is 30.9 Å². The molecular weight excluding hydrogens is 174 g/mol. The average molecular weight is 189 g/mol. The Kier molecular flexibility index (Phi) is 2.15. The lowest BCUT2D eigenvalue weighted by Crippen LogP contribution is -2.33. The molecule has 1 atom stereocenters. The summed E-state index contributed by atoms with van der Waals surface area (Å²) in [7, 11) is 2.08. The molecule has 0 fully saturated rings. The highest BCUT2D eigenvalue weighted by molar-refractivity contribution is 5.55. The minimum Gasteiger partial charge on any atom is -0.359 e. The minimum absolute atomic E-state index is 0.373. The molecule has 0 amide bonds. The van der Waals surface area contributed by atoms with E-state index >= 15 is 0 Å². The Morgan fingerprint density at radius 3 is 2.71 bits per heavy atom. The summed E-state index contributed by atoms with van der Waals surface area (Å²) in [5.74, 6) is 0. The summed E-state index contributed by atoms with van der Waals surface area (Å²) in [6, 6.07) is 2.04. The summed E-state index contributed by atoms with van der Waals surface area (Å²) in [5.41, 5.74) is 2.44. The monoisotopic (exact) mass is 189 g/mol. The van der Waals surface area contributed by atoms with Gasteiger partial charge < -0.3 is 9.80 Å². The maximum Gasteiger partial charge on any atom is 0.102 e. The lowest BCUT2D eigenvalue weighted by Gasteiger charge is -2.27. The zero-order valence-corrected chi connectivity index (χ0v) is 8.81. The van der Waals surface area contributed by atoms with Gasteiger partial charge in [-0.1, -0.05) is 0 Å². The fourth-order valence-corrected chi connectivity index (χ4v) is 1.63. The van der Waals surface area contributed by atoms with Crippen molar-refractivity contribution in [2.75, 3.05) is 11.9 Å². The zero-order valence-electron chi connectivity index (χ0n) is 8.81. The molecule has 0 saturated carbocycles. The van der Waals surface area contributed by atoms with Gasteiger partial charge in [0.15, 0.2) is 0 Å². The van der Waals surface area contributed by atoms with Gasteiger partial charge in [-0.2, -0.15) is 0 Å². The van der Waals surface area contributed by atoms with Crippen molar-refractivity contribution in [3.63, 3.8) is 0 Å². The molecule has 1 aliphatic heterocycles. The molecule has 0 N–H and O–H groups in total. The molecule has 0 spiro atoms. The van der Waals surface area contributed by atoms with Crippen LogP contribution in [0.4, 0.5) is 5.69 Å². The van der Waals surface area contributed by atoms with Crippen molar-refractivity contribution in [3.8, 4) is 0 Å². The largest absolute Gasteiger partial charge is 0.359 e. The summed E-state index contributed by atoms with van der Waals surface area (Å²) in [4.78, 5) is 8.55. The topological polar surface area (TPSA) is 19.4 Å². The molecule has 1 aromatic rings. The van der Waals surface area contributed by atoms with Crippen LogP contribution < -0.4 is 4.90 Å². The van der Waals surface area contributed by atoms with Crippen LogP contribution in [0.2, 0.25) is 0 Å². The fourth-order valence-electron chi connectivity index (χ4n) is 1.63. The van der Waals surface area contributed by atoms with E-state index in [1.807, 2.05) is 18.5 Å². The van der Waals surface area contributed by atoms with Crippen LogP contribution in [0.5, 0.6) is 0 Å². The third kappa shape index (κ3) is 1.35. The quantitative estimate of drug-likeness (QED) is 0.673. The molecule has 3 nitrogen and oxygen atoms in total. The number of aromatic nitrogens is 1. The second kappa shape index (κ2) is 3.33. The van der Waals surface area contributed by atoms with Gasteiger partial charge in [0, 0.05) is 25.6 Å². The molecule has 0 aliphatic carbocycles. The van der Waals surface area contributed by atoms with Crippen molar-refractivity contribution in [2.45, 2.75) is 20.0 Å². The Morgan fingerprint density at radius 2 is 2.14 bits per heavy atom. The molecule has 74 valence electrons. The first-order valence-corrected chi connectivity index (χ1v) is 4.79. The first-order valence-electron chi connectivity index (χ1n) is 4.79. The Balaban J connectivity index is 2.33. The molecule has 3 heteroatoms. The molecule has 0 saturated heterocycles. The molecular formula is C11H15N3. The lowest BCUT2D eigenvalue weighted by molar-refractivity contribution is 0.383. The fraction of sp³-hybridized carbons (Fsp3) is 0.364. The predicted octanol–water partition coefficient (Wildman–Crippen LogP) is 1.96. The number of hydrogen-bond donors (Lipinski definition) is 0. The Bertz CT molecular complexity index is 359. The second-order valence-corrected chi connectivity index (χ2v) is 3.66. The molecule has 0 bridgehead atoms. The van der Waals surface area contributed by atoms with E-state index < -0.39 is 0 Å². The van der Waals surface area contributed by atoms with Gasteiger partial charge in [-0.3, -0.25) is 4.98 Å². The lowest BCUT2D eigenvalue weighted by atomic mass is 10.2. The number of aryl methyl sites for hydroxylation is 1. The van der Waals surface area contributed by atoms with Crippen molar-refractivity contribution in [3.05, 3.63) is 36.4 Å². The summed E-state index contributed by atoms with van der Waals surface area (Å²) in [5, 5.41) is 0. The smallest absolute Gasteiger partial charge is 0.102 e. The van der Waals surface area contributed by atoms with Crippen molar-refractivity contribution in [1.29, 1.82) is 0 Å². The molecule has 0 unspecified atom stereocenters. The summed E-state index contributed by atoms with van der Waals surface area (Å²) in [6.07, 6.45) is 8.28. The van der Waals surface area contributed by atoms with Crippen LogP contribution in [0, 0.1) is 6.92 Å². The first kappa shape index (κ1) is 9.06. The molecule has 1 aromatic heterocycles. The summed E-state index contributed by atoms with van der Waals surface area (Å²) >= 11 is 0. The van der Waals surface area contributed by atoms with Gasteiger partial charge in [0.2, 0.25) is 0 Å². The van der Waals surface area contributed by atoms with Gasteiger partial charge >= 0.3 is 0 Å². The van der Waals surface area contributed by atoms with Crippen LogP contribution in [0.1, 0.15) is 12.5 Å². The number of anilines is 1. The van der Waals surface area contributed by atoms with E-state index in [-0.39, 0.29) is 0 Å². The van der Waals surface area contributed by atoms with Crippen molar-refractivity contribution >= 4 is 5.69 Å². The zero-order chi connectivity index (χ0) is 10.1. The van der Waals surface area contributed by atoms with Crippen LogP contribution >= 0.6 is 0 Å². The molecule has 0 aromatic carbocycles. The van der Waals surface area contributed by atoms with E-state index in [2.05, 4.69) is 48.1 Å². The van der Waals surface area contributed by atoms with Gasteiger partial charge in [-0.25, -0.2) is 0 Å². The van der Waals surface area contributed by atoms with Gasteiger partial charge in [0.05, 0.1) is 11.9 Å². The summed E-state index contributed by atoms with van der Waals surface area (Å²) < 4.78 is 0. The molecule has 0 radical (unpaired) electrons. The molecule has 14 heavy (non-hydrogen) atoms. The van der Waals surface area contributed by atoms with E-state index in [0.717, 1.165) is 0 Å². The van der Waals surface area contributed by atoms with Crippen LogP contribution in [-0.2, 0) is 0 Å². The van der Waals surface area contributed by atoms with Crippen molar-refractivity contribution in [1.82, 2.24) is 9.88 Å². The van der Waals surface area contributed by atoms with E-state index in [0.29, 0.717) is 6.17 Å². The Hall–Kier alpha value is -1.51. The number of pyridine rings is 1. The van der Waals surface area contributed by atoms with E-state index in [4.69, 9.17) is 0 Å². The van der Waals surface area contributed by atoms with E-state index in [1.165, 1.54) is 11.3 Å². The second-order valence-electron chi connectivity index (χ2n) is 3.66. The highest BCUT2D eigenvalue weighted by atomic mass is 15.4. The van der Waals surface area contributed by atoms with Crippen LogP contribution in [-0.4, -0.2) is 23.1 Å².